The zero-order valence-corrected chi connectivity index (χ0v) is 12.5. The van der Waals surface area contributed by atoms with Gasteiger partial charge in [-0.25, -0.2) is 4.98 Å². The van der Waals surface area contributed by atoms with Crippen molar-refractivity contribution in [1.82, 2.24) is 9.55 Å². The Morgan fingerprint density at radius 3 is 2.70 bits per heavy atom. The highest BCUT2D eigenvalue weighted by Crippen LogP contribution is 2.22. The molecule has 1 heterocycles. The van der Waals surface area contributed by atoms with Crippen molar-refractivity contribution in [3.8, 4) is 0 Å². The minimum absolute atomic E-state index is 0.487. The summed E-state index contributed by atoms with van der Waals surface area (Å²) in [6.07, 6.45) is 10.4. The fourth-order valence-electron chi connectivity index (χ4n) is 2.42. The van der Waals surface area contributed by atoms with E-state index in [2.05, 4.69) is 47.0 Å². The minimum atomic E-state index is 0.487. The average Bonchev–Trinajstić information content (AvgIpc) is 2.93. The van der Waals surface area contributed by atoms with Gasteiger partial charge in [-0.3, -0.25) is 0 Å². The highest BCUT2D eigenvalue weighted by molar-refractivity contribution is 5.53. The summed E-state index contributed by atoms with van der Waals surface area (Å²) in [7, 11) is 0. The molecule has 108 valence electrons. The van der Waals surface area contributed by atoms with E-state index in [4.69, 9.17) is 0 Å². The summed E-state index contributed by atoms with van der Waals surface area (Å²) >= 11 is 0. The molecule has 1 aromatic carbocycles. The van der Waals surface area contributed by atoms with Crippen LogP contribution in [-0.4, -0.2) is 9.55 Å². The average molecular weight is 271 g/mol. The smallest absolute Gasteiger partial charge is 0.207 e. The Morgan fingerprint density at radius 1 is 1.15 bits per heavy atom. The predicted octanol–water partition coefficient (Wildman–Crippen LogP) is 5.16. The molecule has 2 aromatic rings. The number of hydrogen-bond donors (Lipinski definition) is 1. The number of para-hydroxylation sites is 1. The fraction of sp³-hybridized carbons (Fsp3) is 0.471. The first-order valence-corrected chi connectivity index (χ1v) is 7.66. The monoisotopic (exact) mass is 271 g/mol. The second-order valence-electron chi connectivity index (χ2n) is 5.35. The maximum absolute atomic E-state index is 4.43. The van der Waals surface area contributed by atoms with E-state index in [1.807, 2.05) is 24.4 Å². The van der Waals surface area contributed by atoms with Crippen LogP contribution in [0.5, 0.6) is 0 Å². The van der Waals surface area contributed by atoms with Gasteiger partial charge in [0.15, 0.2) is 0 Å². The van der Waals surface area contributed by atoms with Gasteiger partial charge >= 0.3 is 0 Å². The second-order valence-corrected chi connectivity index (χ2v) is 5.35. The Balaban J connectivity index is 1.94. The molecule has 1 aromatic heterocycles. The molecule has 0 saturated carbocycles. The van der Waals surface area contributed by atoms with Crippen LogP contribution in [0.1, 0.15) is 52.0 Å². The van der Waals surface area contributed by atoms with Gasteiger partial charge in [-0.05, 0) is 25.5 Å². The number of rotatable bonds is 8. The number of hydrogen-bond acceptors (Lipinski definition) is 2. The molecular formula is C17H25N3. The lowest BCUT2D eigenvalue weighted by Gasteiger charge is -2.17. The SMILES string of the molecule is CCCCCCC(C)n1ccnc1Nc1ccccc1. The highest BCUT2D eigenvalue weighted by Gasteiger charge is 2.09. The maximum atomic E-state index is 4.43. The number of unbranched alkanes of at least 4 members (excludes halogenated alkanes) is 3. The highest BCUT2D eigenvalue weighted by atomic mass is 15.2. The van der Waals surface area contributed by atoms with Gasteiger partial charge in [-0.15, -0.1) is 0 Å². The molecule has 1 N–H and O–H groups in total. The number of aromatic nitrogens is 2. The lowest BCUT2D eigenvalue weighted by atomic mass is 10.1. The van der Waals surface area contributed by atoms with Crippen LogP contribution in [0.25, 0.3) is 0 Å². The Morgan fingerprint density at radius 2 is 1.95 bits per heavy atom. The van der Waals surface area contributed by atoms with Crippen molar-refractivity contribution in [2.45, 2.75) is 52.0 Å². The Hall–Kier alpha value is -1.77. The van der Waals surface area contributed by atoms with E-state index in [9.17, 15) is 0 Å². The Labute approximate surface area is 122 Å². The Bertz CT molecular complexity index is 490. The van der Waals surface area contributed by atoms with Crippen molar-refractivity contribution in [2.24, 2.45) is 0 Å². The molecule has 2 rings (SSSR count). The molecule has 0 fully saturated rings. The number of benzene rings is 1. The van der Waals surface area contributed by atoms with Gasteiger partial charge in [0.25, 0.3) is 0 Å². The Kier molecular flexibility index (Phi) is 5.66. The van der Waals surface area contributed by atoms with Crippen molar-refractivity contribution >= 4 is 11.6 Å². The van der Waals surface area contributed by atoms with E-state index >= 15 is 0 Å². The van der Waals surface area contributed by atoms with Gasteiger partial charge in [-0.2, -0.15) is 0 Å². The molecule has 1 unspecified atom stereocenters. The lowest BCUT2D eigenvalue weighted by molar-refractivity contribution is 0.477. The summed E-state index contributed by atoms with van der Waals surface area (Å²) in [5.41, 5.74) is 1.08. The summed E-state index contributed by atoms with van der Waals surface area (Å²) in [5.74, 6) is 0.930. The van der Waals surface area contributed by atoms with Gasteiger partial charge in [0.2, 0.25) is 5.95 Å². The predicted molar refractivity (Wildman–Crippen MR) is 85.4 cm³/mol. The lowest BCUT2D eigenvalue weighted by Crippen LogP contribution is -2.08. The van der Waals surface area contributed by atoms with Gasteiger partial charge in [0, 0.05) is 24.1 Å². The molecule has 0 radical (unpaired) electrons. The summed E-state index contributed by atoms with van der Waals surface area (Å²) in [5, 5.41) is 3.39. The molecule has 0 bridgehead atoms. The van der Waals surface area contributed by atoms with E-state index in [-0.39, 0.29) is 0 Å². The number of anilines is 2. The molecule has 0 aliphatic carbocycles. The van der Waals surface area contributed by atoms with Gasteiger partial charge in [0.05, 0.1) is 0 Å². The van der Waals surface area contributed by atoms with E-state index in [1.54, 1.807) is 0 Å². The first kappa shape index (κ1) is 14.6. The van der Waals surface area contributed by atoms with Crippen LogP contribution < -0.4 is 5.32 Å². The molecule has 0 amide bonds. The molecule has 20 heavy (non-hydrogen) atoms. The summed E-state index contributed by atoms with van der Waals surface area (Å²) < 4.78 is 2.24. The molecule has 3 nitrogen and oxygen atoms in total. The van der Waals surface area contributed by atoms with Crippen LogP contribution in [0.4, 0.5) is 11.6 Å². The molecule has 0 saturated heterocycles. The van der Waals surface area contributed by atoms with Crippen molar-refractivity contribution in [3.63, 3.8) is 0 Å². The second kappa shape index (κ2) is 7.73. The molecule has 0 aliphatic rings. The van der Waals surface area contributed by atoms with Gasteiger partial charge in [-0.1, -0.05) is 50.8 Å². The first-order chi connectivity index (χ1) is 9.81. The van der Waals surface area contributed by atoms with Crippen LogP contribution in [0.15, 0.2) is 42.7 Å². The third-order valence-electron chi connectivity index (χ3n) is 3.65. The first-order valence-electron chi connectivity index (χ1n) is 7.66. The van der Waals surface area contributed by atoms with E-state index in [0.717, 1.165) is 11.6 Å². The zero-order chi connectivity index (χ0) is 14.2. The third-order valence-corrected chi connectivity index (χ3v) is 3.65. The van der Waals surface area contributed by atoms with Crippen molar-refractivity contribution < 1.29 is 0 Å². The molecule has 0 aliphatic heterocycles. The number of nitrogens with one attached hydrogen (secondary N) is 1. The topological polar surface area (TPSA) is 29.9 Å². The van der Waals surface area contributed by atoms with Gasteiger partial charge < -0.3 is 9.88 Å². The van der Waals surface area contributed by atoms with E-state index < -0.39 is 0 Å². The maximum Gasteiger partial charge on any atom is 0.207 e. The minimum Gasteiger partial charge on any atom is -0.326 e. The molecule has 3 heteroatoms. The molecule has 1 atom stereocenters. The fourth-order valence-corrected chi connectivity index (χ4v) is 2.42. The normalized spacial score (nSPS) is 12.3. The van der Waals surface area contributed by atoms with Crippen LogP contribution in [-0.2, 0) is 0 Å². The quantitative estimate of drug-likeness (QED) is 0.672. The van der Waals surface area contributed by atoms with Crippen molar-refractivity contribution in [2.75, 3.05) is 5.32 Å². The summed E-state index contributed by atoms with van der Waals surface area (Å²) in [4.78, 5) is 4.43. The summed E-state index contributed by atoms with van der Waals surface area (Å²) in [6, 6.07) is 10.7. The standard InChI is InChI=1S/C17H25N3/c1-3-4-5-7-10-15(2)20-14-13-18-17(20)19-16-11-8-6-9-12-16/h6,8-9,11-15H,3-5,7,10H2,1-2H3,(H,18,19). The van der Waals surface area contributed by atoms with Gasteiger partial charge in [0.1, 0.15) is 0 Å². The van der Waals surface area contributed by atoms with Crippen molar-refractivity contribution in [1.29, 1.82) is 0 Å². The summed E-state index contributed by atoms with van der Waals surface area (Å²) in [6.45, 7) is 4.52. The number of nitrogens with zero attached hydrogens (tertiary/aromatic N) is 2. The van der Waals surface area contributed by atoms with Crippen molar-refractivity contribution in [3.05, 3.63) is 42.7 Å². The van der Waals surface area contributed by atoms with Crippen LogP contribution in [0.3, 0.4) is 0 Å². The molecular weight excluding hydrogens is 246 g/mol. The van der Waals surface area contributed by atoms with Crippen LogP contribution in [0.2, 0.25) is 0 Å². The van der Waals surface area contributed by atoms with Crippen LogP contribution >= 0.6 is 0 Å². The molecule has 0 spiro atoms. The van der Waals surface area contributed by atoms with E-state index in [1.165, 1.54) is 32.1 Å². The number of imidazole rings is 1. The largest absolute Gasteiger partial charge is 0.326 e. The zero-order valence-electron chi connectivity index (χ0n) is 12.5. The third kappa shape index (κ3) is 4.12. The van der Waals surface area contributed by atoms with E-state index in [0.29, 0.717) is 6.04 Å². The van der Waals surface area contributed by atoms with Crippen LogP contribution in [0, 0.1) is 0 Å².